The summed E-state index contributed by atoms with van der Waals surface area (Å²) in [5.41, 5.74) is -0.908. The lowest BCUT2D eigenvalue weighted by Crippen LogP contribution is -2.54. The van der Waals surface area contributed by atoms with Gasteiger partial charge in [0.25, 0.3) is 10.2 Å². The van der Waals surface area contributed by atoms with Crippen molar-refractivity contribution in [1.29, 1.82) is 0 Å². The molecule has 2 rings (SSSR count). The Labute approximate surface area is 128 Å². The lowest BCUT2D eigenvalue weighted by molar-refractivity contribution is -0.0449. The molecule has 1 saturated heterocycles. The first-order chi connectivity index (χ1) is 9.70. The number of rotatable bonds is 4. The molecule has 1 heterocycles. The Morgan fingerprint density at radius 2 is 1.90 bits per heavy atom. The zero-order valence-corrected chi connectivity index (χ0v) is 14.0. The molecule has 1 aliphatic heterocycles. The Morgan fingerprint density at radius 3 is 2.48 bits per heavy atom. The van der Waals surface area contributed by atoms with Crippen LogP contribution in [0.25, 0.3) is 0 Å². The van der Waals surface area contributed by atoms with Crippen LogP contribution < -0.4 is 4.72 Å². The van der Waals surface area contributed by atoms with Gasteiger partial charge < -0.3 is 9.84 Å². The third-order valence-electron chi connectivity index (χ3n) is 4.38. The Kier molecular flexibility index (Phi) is 5.31. The third-order valence-corrected chi connectivity index (χ3v) is 5.86. The molecule has 0 spiro atoms. The largest absolute Gasteiger partial charge is 0.389 e. The van der Waals surface area contributed by atoms with Crippen molar-refractivity contribution in [2.24, 2.45) is 5.92 Å². The fraction of sp³-hybridized carbons (Fsp3) is 1.00. The SMILES string of the molecule is CC1CCCC(O)(CNS(=O)(=O)N2CC(C)OC(C)C2)C1. The second-order valence-electron chi connectivity index (χ2n) is 6.83. The zero-order valence-electron chi connectivity index (χ0n) is 13.2. The smallest absolute Gasteiger partial charge is 0.279 e. The summed E-state index contributed by atoms with van der Waals surface area (Å²) >= 11 is 0. The fourth-order valence-electron chi connectivity index (χ4n) is 3.44. The van der Waals surface area contributed by atoms with Crippen LogP contribution in [-0.2, 0) is 14.9 Å². The summed E-state index contributed by atoms with van der Waals surface area (Å²) in [6.45, 7) is 6.65. The first-order valence-electron chi connectivity index (χ1n) is 7.83. The van der Waals surface area contributed by atoms with Crippen molar-refractivity contribution in [1.82, 2.24) is 9.03 Å². The first kappa shape index (κ1) is 17.1. The van der Waals surface area contributed by atoms with Gasteiger partial charge in [-0.25, -0.2) is 0 Å². The summed E-state index contributed by atoms with van der Waals surface area (Å²) in [5, 5.41) is 10.5. The maximum atomic E-state index is 12.4. The monoisotopic (exact) mass is 320 g/mol. The Morgan fingerprint density at radius 1 is 1.29 bits per heavy atom. The number of hydrogen-bond donors (Lipinski definition) is 2. The number of nitrogens with zero attached hydrogens (tertiary/aromatic N) is 1. The normalized spacial score (nSPS) is 39.3. The molecule has 0 aromatic rings. The van der Waals surface area contributed by atoms with Crippen LogP contribution >= 0.6 is 0 Å². The summed E-state index contributed by atoms with van der Waals surface area (Å²) in [4.78, 5) is 0. The predicted molar refractivity (Wildman–Crippen MR) is 81.1 cm³/mol. The van der Waals surface area contributed by atoms with Gasteiger partial charge in [-0.15, -0.1) is 0 Å². The highest BCUT2D eigenvalue weighted by Gasteiger charge is 2.36. The quantitative estimate of drug-likeness (QED) is 0.806. The minimum absolute atomic E-state index is 0.0970. The molecule has 1 aliphatic carbocycles. The lowest BCUT2D eigenvalue weighted by atomic mass is 9.79. The zero-order chi connectivity index (χ0) is 15.7. The van der Waals surface area contributed by atoms with E-state index in [1.165, 1.54) is 4.31 Å². The molecular weight excluding hydrogens is 292 g/mol. The van der Waals surface area contributed by atoms with Crippen LogP contribution in [0.1, 0.15) is 46.5 Å². The Balaban J connectivity index is 1.94. The Hall–Kier alpha value is -0.210. The van der Waals surface area contributed by atoms with Crippen molar-refractivity contribution >= 4 is 10.2 Å². The summed E-state index contributed by atoms with van der Waals surface area (Å²) in [6.07, 6.45) is 3.16. The van der Waals surface area contributed by atoms with E-state index in [0.29, 0.717) is 31.8 Å². The number of morpholine rings is 1. The van der Waals surface area contributed by atoms with Gasteiger partial charge in [-0.1, -0.05) is 19.8 Å². The lowest BCUT2D eigenvalue weighted by Gasteiger charge is -2.38. The molecule has 124 valence electrons. The van der Waals surface area contributed by atoms with Crippen molar-refractivity contribution in [3.05, 3.63) is 0 Å². The second kappa shape index (κ2) is 6.50. The standard InChI is InChI=1S/C14H28N2O4S/c1-11-5-4-6-14(17,7-11)10-15-21(18,19)16-8-12(2)20-13(3)9-16/h11-13,15,17H,4-10H2,1-3H3. The number of hydrogen-bond acceptors (Lipinski definition) is 4. The van der Waals surface area contributed by atoms with Crippen molar-refractivity contribution in [2.75, 3.05) is 19.6 Å². The van der Waals surface area contributed by atoms with Gasteiger partial charge in [-0.05, 0) is 32.6 Å². The van der Waals surface area contributed by atoms with E-state index < -0.39 is 15.8 Å². The molecule has 21 heavy (non-hydrogen) atoms. The molecule has 0 aromatic heterocycles. The molecule has 4 atom stereocenters. The van der Waals surface area contributed by atoms with Crippen molar-refractivity contribution in [3.8, 4) is 0 Å². The average Bonchev–Trinajstić information content (AvgIpc) is 2.35. The highest BCUT2D eigenvalue weighted by molar-refractivity contribution is 7.87. The van der Waals surface area contributed by atoms with E-state index in [-0.39, 0.29) is 18.8 Å². The van der Waals surface area contributed by atoms with Gasteiger partial charge in [-0.3, -0.25) is 0 Å². The molecule has 6 nitrogen and oxygen atoms in total. The van der Waals surface area contributed by atoms with E-state index >= 15 is 0 Å². The van der Waals surface area contributed by atoms with Gasteiger partial charge in [0, 0.05) is 19.6 Å². The van der Waals surface area contributed by atoms with Crippen LogP contribution in [0.3, 0.4) is 0 Å². The summed E-state index contributed by atoms with van der Waals surface area (Å²) < 4.78 is 34.4. The number of nitrogens with one attached hydrogen (secondary N) is 1. The van der Waals surface area contributed by atoms with Gasteiger partial charge >= 0.3 is 0 Å². The van der Waals surface area contributed by atoms with Gasteiger partial charge in [0.1, 0.15) is 0 Å². The molecule has 2 N–H and O–H groups in total. The fourth-order valence-corrected chi connectivity index (χ4v) is 4.88. The van der Waals surface area contributed by atoms with Crippen LogP contribution in [0.5, 0.6) is 0 Å². The van der Waals surface area contributed by atoms with Crippen molar-refractivity contribution < 1.29 is 18.3 Å². The number of aliphatic hydroxyl groups is 1. The van der Waals surface area contributed by atoms with E-state index in [1.54, 1.807) is 0 Å². The van der Waals surface area contributed by atoms with Crippen LogP contribution in [0.4, 0.5) is 0 Å². The van der Waals surface area contributed by atoms with Crippen LogP contribution in [0, 0.1) is 5.92 Å². The van der Waals surface area contributed by atoms with Crippen molar-refractivity contribution in [3.63, 3.8) is 0 Å². The van der Waals surface area contributed by atoms with Gasteiger partial charge in [0.05, 0.1) is 17.8 Å². The molecular formula is C14H28N2O4S. The third kappa shape index (κ3) is 4.63. The molecule has 0 amide bonds. The minimum atomic E-state index is -3.56. The maximum Gasteiger partial charge on any atom is 0.279 e. The van der Waals surface area contributed by atoms with Crippen LogP contribution in [0.2, 0.25) is 0 Å². The van der Waals surface area contributed by atoms with Gasteiger partial charge in [0.15, 0.2) is 0 Å². The van der Waals surface area contributed by atoms with E-state index in [0.717, 1.165) is 12.8 Å². The highest BCUT2D eigenvalue weighted by atomic mass is 32.2. The topological polar surface area (TPSA) is 78.9 Å². The van der Waals surface area contributed by atoms with Crippen LogP contribution in [-0.4, -0.2) is 55.3 Å². The van der Waals surface area contributed by atoms with E-state index in [1.807, 2.05) is 13.8 Å². The predicted octanol–water partition coefficient (Wildman–Crippen LogP) is 0.871. The molecule has 7 heteroatoms. The van der Waals surface area contributed by atoms with E-state index in [4.69, 9.17) is 4.74 Å². The second-order valence-corrected chi connectivity index (χ2v) is 8.58. The maximum absolute atomic E-state index is 12.4. The minimum Gasteiger partial charge on any atom is -0.389 e. The molecule has 2 aliphatic rings. The van der Waals surface area contributed by atoms with Gasteiger partial charge in [-0.2, -0.15) is 17.4 Å². The molecule has 1 saturated carbocycles. The van der Waals surface area contributed by atoms with Crippen molar-refractivity contribution in [2.45, 2.75) is 64.3 Å². The number of ether oxygens (including phenoxy) is 1. The molecule has 2 fully saturated rings. The van der Waals surface area contributed by atoms with E-state index in [2.05, 4.69) is 11.6 Å². The molecule has 4 unspecified atom stereocenters. The summed E-state index contributed by atoms with van der Waals surface area (Å²) in [7, 11) is -3.56. The summed E-state index contributed by atoms with van der Waals surface area (Å²) in [5.74, 6) is 0.441. The van der Waals surface area contributed by atoms with E-state index in [9.17, 15) is 13.5 Å². The molecule has 0 radical (unpaired) electrons. The highest BCUT2D eigenvalue weighted by Crippen LogP contribution is 2.31. The first-order valence-corrected chi connectivity index (χ1v) is 9.27. The van der Waals surface area contributed by atoms with Gasteiger partial charge in [0.2, 0.25) is 0 Å². The molecule has 0 aromatic carbocycles. The Bertz CT molecular complexity index is 446. The molecule has 0 bridgehead atoms. The average molecular weight is 320 g/mol. The summed E-state index contributed by atoms with van der Waals surface area (Å²) in [6, 6.07) is 0. The van der Waals surface area contributed by atoms with Crippen LogP contribution in [0.15, 0.2) is 0 Å².